The van der Waals surface area contributed by atoms with Crippen molar-refractivity contribution < 1.29 is 14.3 Å². The predicted octanol–water partition coefficient (Wildman–Crippen LogP) is 6.75. The first-order chi connectivity index (χ1) is 14.4. The summed E-state index contributed by atoms with van der Waals surface area (Å²) in [5.74, 6) is -0.281. The summed E-state index contributed by atoms with van der Waals surface area (Å²) >= 11 is 24.3. The van der Waals surface area contributed by atoms with E-state index in [-0.39, 0.29) is 18.1 Å². The van der Waals surface area contributed by atoms with Gasteiger partial charge in [0.25, 0.3) is 5.91 Å². The highest BCUT2D eigenvalue weighted by Gasteiger charge is 2.19. The second kappa shape index (κ2) is 11.6. The third kappa shape index (κ3) is 6.74. The molecule has 0 aliphatic carbocycles. The molecule has 1 N–H and O–H groups in total. The molecule has 1 fully saturated rings. The van der Waals surface area contributed by atoms with Gasteiger partial charge in [-0.05, 0) is 61.6 Å². The second-order valence-corrected chi connectivity index (χ2v) is 8.82. The van der Waals surface area contributed by atoms with Crippen LogP contribution in [-0.2, 0) is 9.47 Å². The molecule has 0 bridgehead atoms. The fourth-order valence-corrected chi connectivity index (χ4v) is 4.12. The van der Waals surface area contributed by atoms with Crippen molar-refractivity contribution >= 4 is 52.3 Å². The largest absolute Gasteiger partial charge is 0.353 e. The Hall–Kier alpha value is -1.01. The smallest absolute Gasteiger partial charge is 0.252 e. The molecular formula is C22H23Cl4NO3. The van der Waals surface area contributed by atoms with Crippen LogP contribution in [0.3, 0.4) is 0 Å². The summed E-state index contributed by atoms with van der Waals surface area (Å²) in [7, 11) is 0. The van der Waals surface area contributed by atoms with Gasteiger partial charge < -0.3 is 14.8 Å². The van der Waals surface area contributed by atoms with Gasteiger partial charge in [0.15, 0.2) is 6.29 Å². The normalized spacial score (nSPS) is 17.5. The zero-order valence-corrected chi connectivity index (χ0v) is 19.3. The lowest BCUT2D eigenvalue weighted by Gasteiger charge is -2.24. The molecule has 2 unspecified atom stereocenters. The SMILES string of the molecule is O=C(NCC(CCOC1CCCCO1)c1ccc(Cl)c(Cl)c1)c1ccc(Cl)cc1Cl. The number of hydrogen-bond acceptors (Lipinski definition) is 3. The lowest BCUT2D eigenvalue weighted by atomic mass is 9.95. The number of nitrogens with one attached hydrogen (secondary N) is 1. The predicted molar refractivity (Wildman–Crippen MR) is 122 cm³/mol. The molecule has 2 aromatic carbocycles. The van der Waals surface area contributed by atoms with Crippen LogP contribution in [-0.4, -0.2) is 32.0 Å². The van der Waals surface area contributed by atoms with Gasteiger partial charge in [-0.15, -0.1) is 0 Å². The monoisotopic (exact) mass is 489 g/mol. The van der Waals surface area contributed by atoms with E-state index in [4.69, 9.17) is 55.9 Å². The number of rotatable bonds is 8. The lowest BCUT2D eigenvalue weighted by Crippen LogP contribution is -2.30. The van der Waals surface area contributed by atoms with E-state index in [9.17, 15) is 4.79 Å². The van der Waals surface area contributed by atoms with Crippen molar-refractivity contribution in [3.05, 3.63) is 67.6 Å². The van der Waals surface area contributed by atoms with Gasteiger partial charge in [0, 0.05) is 24.1 Å². The van der Waals surface area contributed by atoms with Gasteiger partial charge in [-0.25, -0.2) is 0 Å². The van der Waals surface area contributed by atoms with Crippen LogP contribution in [0.2, 0.25) is 20.1 Å². The molecule has 2 atom stereocenters. The molecule has 1 aliphatic heterocycles. The summed E-state index contributed by atoms with van der Waals surface area (Å²) in [6, 6.07) is 10.3. The molecule has 1 saturated heterocycles. The number of amides is 1. The van der Waals surface area contributed by atoms with Crippen molar-refractivity contribution in [3.63, 3.8) is 0 Å². The van der Waals surface area contributed by atoms with Gasteiger partial charge in [-0.3, -0.25) is 4.79 Å². The minimum atomic E-state index is -0.266. The molecule has 1 amide bonds. The number of benzene rings is 2. The van der Waals surface area contributed by atoms with Crippen LogP contribution in [0.25, 0.3) is 0 Å². The third-order valence-electron chi connectivity index (χ3n) is 5.01. The first-order valence-corrected chi connectivity index (χ1v) is 11.4. The van der Waals surface area contributed by atoms with Gasteiger partial charge in [0.2, 0.25) is 0 Å². The fraction of sp³-hybridized carbons (Fsp3) is 0.409. The van der Waals surface area contributed by atoms with Gasteiger partial charge in [-0.1, -0.05) is 52.5 Å². The van der Waals surface area contributed by atoms with E-state index in [1.165, 1.54) is 0 Å². The number of hydrogen-bond donors (Lipinski definition) is 1. The molecule has 0 aromatic heterocycles. The van der Waals surface area contributed by atoms with E-state index >= 15 is 0 Å². The first-order valence-electron chi connectivity index (χ1n) is 9.85. The molecule has 30 heavy (non-hydrogen) atoms. The third-order valence-corrected chi connectivity index (χ3v) is 6.29. The molecular weight excluding hydrogens is 468 g/mol. The van der Waals surface area contributed by atoms with Crippen molar-refractivity contribution in [1.29, 1.82) is 0 Å². The maximum atomic E-state index is 12.6. The van der Waals surface area contributed by atoms with E-state index in [1.54, 1.807) is 24.3 Å². The van der Waals surface area contributed by atoms with Crippen LogP contribution in [0.1, 0.15) is 47.5 Å². The Bertz CT molecular complexity index is 871. The molecule has 1 heterocycles. The van der Waals surface area contributed by atoms with Crippen molar-refractivity contribution in [2.45, 2.75) is 37.9 Å². The highest BCUT2D eigenvalue weighted by Crippen LogP contribution is 2.29. The van der Waals surface area contributed by atoms with Gasteiger partial charge >= 0.3 is 0 Å². The topological polar surface area (TPSA) is 47.6 Å². The minimum Gasteiger partial charge on any atom is -0.353 e. The Morgan fingerprint density at radius 3 is 2.60 bits per heavy atom. The average Bonchev–Trinajstić information content (AvgIpc) is 2.73. The highest BCUT2D eigenvalue weighted by molar-refractivity contribution is 6.42. The number of carbonyl (C=O) groups is 1. The van der Waals surface area contributed by atoms with E-state index in [0.29, 0.717) is 45.2 Å². The van der Waals surface area contributed by atoms with Gasteiger partial charge in [0.1, 0.15) is 0 Å². The van der Waals surface area contributed by atoms with Crippen LogP contribution in [0.5, 0.6) is 0 Å². The Morgan fingerprint density at radius 1 is 1.07 bits per heavy atom. The Morgan fingerprint density at radius 2 is 1.90 bits per heavy atom. The number of carbonyl (C=O) groups excluding carboxylic acids is 1. The molecule has 162 valence electrons. The lowest BCUT2D eigenvalue weighted by molar-refractivity contribution is -0.163. The second-order valence-electron chi connectivity index (χ2n) is 7.16. The standard InChI is InChI=1S/C22H23Cl4NO3/c23-16-5-6-17(19(25)12-16)22(28)27-13-15(14-4-7-18(24)20(26)11-14)8-10-30-21-3-1-2-9-29-21/h4-7,11-12,15,21H,1-3,8-10,13H2,(H,27,28). The molecule has 2 aromatic rings. The first kappa shape index (κ1) is 23.6. The zero-order chi connectivity index (χ0) is 21.5. The molecule has 3 rings (SSSR count). The minimum absolute atomic E-state index is 0.0154. The quantitative estimate of drug-likeness (QED) is 0.445. The maximum absolute atomic E-state index is 12.6. The van der Waals surface area contributed by atoms with E-state index in [2.05, 4.69) is 5.32 Å². The van der Waals surface area contributed by atoms with Gasteiger partial charge in [-0.2, -0.15) is 0 Å². The summed E-state index contributed by atoms with van der Waals surface area (Å²) in [5.41, 5.74) is 1.35. The van der Waals surface area contributed by atoms with Crippen molar-refractivity contribution in [2.24, 2.45) is 0 Å². The number of ether oxygens (including phenoxy) is 2. The molecule has 1 aliphatic rings. The van der Waals surface area contributed by atoms with Crippen LogP contribution >= 0.6 is 46.4 Å². The molecule has 4 nitrogen and oxygen atoms in total. The molecule has 0 saturated carbocycles. The van der Waals surface area contributed by atoms with Crippen LogP contribution in [0.4, 0.5) is 0 Å². The Balaban J connectivity index is 1.65. The van der Waals surface area contributed by atoms with Crippen LogP contribution in [0.15, 0.2) is 36.4 Å². The summed E-state index contributed by atoms with van der Waals surface area (Å²) < 4.78 is 11.5. The highest BCUT2D eigenvalue weighted by atomic mass is 35.5. The van der Waals surface area contributed by atoms with Crippen molar-refractivity contribution in [2.75, 3.05) is 19.8 Å². The maximum Gasteiger partial charge on any atom is 0.252 e. The summed E-state index contributed by atoms with van der Waals surface area (Å²) in [5, 5.41) is 4.70. The number of halogens is 4. The molecule has 0 radical (unpaired) electrons. The molecule has 8 heteroatoms. The fourth-order valence-electron chi connectivity index (χ4n) is 3.32. The Kier molecular flexibility index (Phi) is 9.12. The zero-order valence-electron chi connectivity index (χ0n) is 16.3. The van der Waals surface area contributed by atoms with Crippen molar-refractivity contribution in [3.8, 4) is 0 Å². The Labute approximate surface area is 196 Å². The van der Waals surface area contributed by atoms with Crippen LogP contribution in [0, 0.1) is 0 Å². The van der Waals surface area contributed by atoms with Crippen LogP contribution < -0.4 is 5.32 Å². The van der Waals surface area contributed by atoms with E-state index < -0.39 is 0 Å². The summed E-state index contributed by atoms with van der Waals surface area (Å²) in [4.78, 5) is 12.6. The molecule has 0 spiro atoms. The average molecular weight is 491 g/mol. The van der Waals surface area contributed by atoms with Crippen molar-refractivity contribution in [1.82, 2.24) is 5.32 Å². The van der Waals surface area contributed by atoms with E-state index in [0.717, 1.165) is 31.4 Å². The van der Waals surface area contributed by atoms with Gasteiger partial charge in [0.05, 0.1) is 27.2 Å². The van der Waals surface area contributed by atoms with E-state index in [1.807, 2.05) is 12.1 Å². The summed E-state index contributed by atoms with van der Waals surface area (Å²) in [6.07, 6.45) is 3.62. The summed E-state index contributed by atoms with van der Waals surface area (Å²) in [6.45, 7) is 1.64.